The van der Waals surface area contributed by atoms with E-state index in [1.165, 1.54) is 0 Å². The molecule has 3 rings (SSSR count). The van der Waals surface area contributed by atoms with Crippen LogP contribution in [0.15, 0.2) is 47.4 Å². The summed E-state index contributed by atoms with van der Waals surface area (Å²) < 4.78 is 27.5. The van der Waals surface area contributed by atoms with Crippen LogP contribution < -0.4 is 4.72 Å². The summed E-state index contributed by atoms with van der Waals surface area (Å²) in [7, 11) is -3.59. The molecule has 0 aliphatic heterocycles. The number of aromatic amines is 1. The molecular weight excluding hydrogens is 310 g/mol. The van der Waals surface area contributed by atoms with Gasteiger partial charge in [0, 0.05) is 6.42 Å². The number of H-pyrrole nitrogens is 1. The van der Waals surface area contributed by atoms with Crippen molar-refractivity contribution in [2.75, 3.05) is 4.72 Å². The van der Waals surface area contributed by atoms with E-state index in [1.54, 1.807) is 24.3 Å². The third-order valence-corrected chi connectivity index (χ3v) is 5.16. The summed E-state index contributed by atoms with van der Waals surface area (Å²) in [5.41, 5.74) is 3.28. The number of aryl methyl sites for hydroxylation is 2. The van der Waals surface area contributed by atoms with Gasteiger partial charge >= 0.3 is 0 Å². The van der Waals surface area contributed by atoms with Crippen LogP contribution in [0.1, 0.15) is 25.2 Å². The highest BCUT2D eigenvalue weighted by atomic mass is 32.2. The predicted molar refractivity (Wildman–Crippen MR) is 92.1 cm³/mol. The van der Waals surface area contributed by atoms with Crippen LogP contribution in [0.5, 0.6) is 0 Å². The van der Waals surface area contributed by atoms with Crippen molar-refractivity contribution in [2.24, 2.45) is 0 Å². The van der Waals surface area contributed by atoms with E-state index >= 15 is 0 Å². The summed E-state index contributed by atoms with van der Waals surface area (Å²) in [4.78, 5) is 7.85. The zero-order chi connectivity index (χ0) is 16.4. The van der Waals surface area contributed by atoms with Crippen LogP contribution in [-0.4, -0.2) is 18.4 Å². The number of imidazole rings is 1. The van der Waals surface area contributed by atoms with Gasteiger partial charge in [-0.3, -0.25) is 4.72 Å². The molecule has 3 aromatic rings. The van der Waals surface area contributed by atoms with Crippen molar-refractivity contribution in [3.63, 3.8) is 0 Å². The lowest BCUT2D eigenvalue weighted by Gasteiger charge is -2.08. The fraction of sp³-hybridized carbons (Fsp3) is 0.235. The highest BCUT2D eigenvalue weighted by Crippen LogP contribution is 2.21. The first-order chi connectivity index (χ1) is 11.0. The Labute approximate surface area is 135 Å². The van der Waals surface area contributed by atoms with Gasteiger partial charge in [0.05, 0.1) is 21.6 Å². The van der Waals surface area contributed by atoms with Crippen LogP contribution in [0.4, 0.5) is 5.69 Å². The molecule has 0 bridgehead atoms. The zero-order valence-electron chi connectivity index (χ0n) is 13.1. The molecule has 0 radical (unpaired) electrons. The van der Waals surface area contributed by atoms with Gasteiger partial charge in [0.15, 0.2) is 0 Å². The zero-order valence-corrected chi connectivity index (χ0v) is 13.9. The minimum Gasteiger partial charge on any atom is -0.342 e. The quantitative estimate of drug-likeness (QED) is 0.752. The number of fused-ring (bicyclic) bond motifs is 1. The van der Waals surface area contributed by atoms with Gasteiger partial charge in [-0.25, -0.2) is 13.4 Å². The molecule has 2 N–H and O–H groups in total. The molecule has 5 nitrogen and oxygen atoms in total. The van der Waals surface area contributed by atoms with Crippen LogP contribution in [0.3, 0.4) is 0 Å². The van der Waals surface area contributed by atoms with E-state index in [9.17, 15) is 8.42 Å². The summed E-state index contributed by atoms with van der Waals surface area (Å²) in [6.07, 6.45) is 1.68. The average Bonchev–Trinajstić information content (AvgIpc) is 2.97. The molecule has 0 saturated carbocycles. The first-order valence-electron chi connectivity index (χ1n) is 7.62. The number of nitrogens with zero attached hydrogens (tertiary/aromatic N) is 1. The molecule has 1 heterocycles. The van der Waals surface area contributed by atoms with Gasteiger partial charge in [0.1, 0.15) is 5.82 Å². The number of rotatable bonds is 5. The Morgan fingerprint density at radius 3 is 2.43 bits per heavy atom. The number of nitrogens with one attached hydrogen (secondary N) is 2. The van der Waals surface area contributed by atoms with Gasteiger partial charge in [-0.2, -0.15) is 0 Å². The second-order valence-corrected chi connectivity index (χ2v) is 7.05. The fourth-order valence-corrected chi connectivity index (χ4v) is 3.46. The monoisotopic (exact) mass is 329 g/mol. The molecule has 120 valence electrons. The summed E-state index contributed by atoms with van der Waals surface area (Å²) >= 11 is 0. The van der Waals surface area contributed by atoms with Crippen molar-refractivity contribution in [2.45, 2.75) is 31.6 Å². The number of hydrogen-bond acceptors (Lipinski definition) is 3. The molecule has 0 aliphatic carbocycles. The van der Waals surface area contributed by atoms with Gasteiger partial charge in [0.25, 0.3) is 10.0 Å². The first kappa shape index (κ1) is 15.6. The van der Waals surface area contributed by atoms with Gasteiger partial charge < -0.3 is 4.98 Å². The van der Waals surface area contributed by atoms with Gasteiger partial charge in [-0.1, -0.05) is 26.0 Å². The van der Waals surface area contributed by atoms with E-state index < -0.39 is 10.0 Å². The molecule has 23 heavy (non-hydrogen) atoms. The molecular formula is C17H19N3O2S. The molecule has 0 unspecified atom stereocenters. The summed E-state index contributed by atoms with van der Waals surface area (Å²) in [5, 5.41) is 0. The smallest absolute Gasteiger partial charge is 0.261 e. The summed E-state index contributed by atoms with van der Waals surface area (Å²) in [5.74, 6) is 0.884. The molecule has 0 atom stereocenters. The number of anilines is 1. The molecule has 0 fully saturated rings. The Morgan fingerprint density at radius 2 is 1.78 bits per heavy atom. The second-order valence-electron chi connectivity index (χ2n) is 5.37. The normalized spacial score (nSPS) is 11.7. The fourth-order valence-electron chi connectivity index (χ4n) is 2.41. The topological polar surface area (TPSA) is 74.8 Å². The van der Waals surface area contributed by atoms with Crippen LogP contribution in [0.2, 0.25) is 0 Å². The van der Waals surface area contributed by atoms with E-state index in [0.29, 0.717) is 5.69 Å². The maximum absolute atomic E-state index is 12.5. The molecule has 0 aliphatic rings. The van der Waals surface area contributed by atoms with Crippen molar-refractivity contribution in [3.8, 4) is 0 Å². The van der Waals surface area contributed by atoms with Crippen molar-refractivity contribution >= 4 is 26.7 Å². The molecule has 2 aromatic carbocycles. The first-order valence-corrected chi connectivity index (χ1v) is 9.10. The Kier molecular flexibility index (Phi) is 4.09. The van der Waals surface area contributed by atoms with Crippen LogP contribution in [0.25, 0.3) is 11.0 Å². The van der Waals surface area contributed by atoms with Crippen molar-refractivity contribution < 1.29 is 8.42 Å². The lowest BCUT2D eigenvalue weighted by atomic mass is 10.2. The Morgan fingerprint density at radius 1 is 1.04 bits per heavy atom. The van der Waals surface area contributed by atoms with Crippen LogP contribution >= 0.6 is 0 Å². The van der Waals surface area contributed by atoms with Crippen molar-refractivity contribution in [1.82, 2.24) is 9.97 Å². The highest BCUT2D eigenvalue weighted by Gasteiger charge is 2.14. The van der Waals surface area contributed by atoms with Crippen LogP contribution in [0, 0.1) is 0 Å². The van der Waals surface area contributed by atoms with Gasteiger partial charge in [-0.05, 0) is 42.3 Å². The largest absolute Gasteiger partial charge is 0.342 e. The number of hydrogen-bond donors (Lipinski definition) is 2. The molecule has 0 spiro atoms. The molecule has 0 saturated heterocycles. The van der Waals surface area contributed by atoms with Gasteiger partial charge in [0.2, 0.25) is 0 Å². The van der Waals surface area contributed by atoms with E-state index in [1.807, 2.05) is 32.0 Å². The lowest BCUT2D eigenvalue weighted by molar-refractivity contribution is 0.601. The van der Waals surface area contributed by atoms with E-state index in [0.717, 1.165) is 35.3 Å². The Bertz CT molecular complexity index is 928. The minimum atomic E-state index is -3.59. The predicted octanol–water partition coefficient (Wildman–Crippen LogP) is 3.49. The van der Waals surface area contributed by atoms with Crippen molar-refractivity contribution in [1.29, 1.82) is 0 Å². The van der Waals surface area contributed by atoms with E-state index in [-0.39, 0.29) is 4.90 Å². The van der Waals surface area contributed by atoms with E-state index in [2.05, 4.69) is 14.7 Å². The number of sulfonamides is 1. The second kappa shape index (κ2) is 6.04. The Balaban J connectivity index is 1.89. The summed E-state index contributed by atoms with van der Waals surface area (Å²) in [6.45, 7) is 4.05. The standard InChI is InChI=1S/C17H19N3O2S/c1-3-12-5-8-14(9-6-12)23(21,22)20-13-7-10-15-16(11-13)19-17(4-2)18-15/h5-11,20H,3-4H2,1-2H3,(H,18,19). The third kappa shape index (κ3) is 3.22. The number of benzene rings is 2. The highest BCUT2D eigenvalue weighted by molar-refractivity contribution is 7.92. The third-order valence-electron chi connectivity index (χ3n) is 3.76. The SMILES string of the molecule is CCc1ccc(S(=O)(=O)Nc2ccc3nc(CC)[nH]c3c2)cc1. The molecule has 1 aromatic heterocycles. The lowest BCUT2D eigenvalue weighted by Crippen LogP contribution is -2.12. The number of aromatic nitrogens is 2. The maximum Gasteiger partial charge on any atom is 0.261 e. The van der Waals surface area contributed by atoms with Crippen LogP contribution in [-0.2, 0) is 22.9 Å². The summed E-state index contributed by atoms with van der Waals surface area (Å²) in [6, 6.07) is 12.2. The minimum absolute atomic E-state index is 0.258. The molecule has 0 amide bonds. The average molecular weight is 329 g/mol. The van der Waals surface area contributed by atoms with Gasteiger partial charge in [-0.15, -0.1) is 0 Å². The van der Waals surface area contributed by atoms with E-state index in [4.69, 9.17) is 0 Å². The van der Waals surface area contributed by atoms with Crippen molar-refractivity contribution in [3.05, 3.63) is 53.9 Å². The molecule has 6 heteroatoms. The maximum atomic E-state index is 12.5. The Hall–Kier alpha value is -2.34.